The van der Waals surface area contributed by atoms with Crippen molar-refractivity contribution in [1.29, 1.82) is 0 Å². The van der Waals surface area contributed by atoms with Crippen molar-refractivity contribution in [2.45, 2.75) is 5.16 Å². The molecule has 1 heterocycles. The van der Waals surface area contributed by atoms with Gasteiger partial charge < -0.3 is 14.8 Å². The number of esters is 2. The first-order chi connectivity index (χ1) is 12.5. The molecule has 1 aromatic carbocycles. The van der Waals surface area contributed by atoms with Crippen LogP contribution in [0, 0.1) is 0 Å². The van der Waals surface area contributed by atoms with E-state index in [-0.39, 0.29) is 11.4 Å². The van der Waals surface area contributed by atoms with Gasteiger partial charge in [0, 0.05) is 11.3 Å². The van der Waals surface area contributed by atoms with Gasteiger partial charge in [0.15, 0.2) is 10.9 Å². The number of benzene rings is 1. The number of hydrogen-bond donors (Lipinski definition) is 2. The van der Waals surface area contributed by atoms with Crippen LogP contribution in [0.3, 0.4) is 0 Å². The van der Waals surface area contributed by atoms with Crippen molar-refractivity contribution in [1.82, 2.24) is 15.2 Å². The van der Waals surface area contributed by atoms with Crippen LogP contribution in [0.4, 0.5) is 5.69 Å². The minimum atomic E-state index is -0.775. The Bertz CT molecular complexity index is 910. The average molecular weight is 376 g/mol. The normalized spacial score (nSPS) is 11.0. The number of carbonyl (C=O) groups excluding carboxylic acids is 2. The van der Waals surface area contributed by atoms with E-state index in [9.17, 15) is 14.4 Å². The maximum Gasteiger partial charge on any atom is 0.354 e. The van der Waals surface area contributed by atoms with Crippen LogP contribution in [0.25, 0.3) is 11.3 Å². The van der Waals surface area contributed by atoms with Gasteiger partial charge in [-0.25, -0.2) is 9.59 Å². The number of nitrogens with zero attached hydrogens (tertiary/aromatic N) is 2. The number of methoxy groups -OCH3 is 2. The third-order valence-corrected chi connectivity index (χ3v) is 3.76. The van der Waals surface area contributed by atoms with Crippen molar-refractivity contribution in [3.05, 3.63) is 46.4 Å². The monoisotopic (exact) mass is 376 g/mol. The molecule has 0 spiro atoms. The lowest BCUT2D eigenvalue weighted by Crippen LogP contribution is -2.18. The molecule has 9 nitrogen and oxygen atoms in total. The molecule has 0 fully saturated rings. The fraction of sp³-hybridized carbons (Fsp3) is 0.188. The van der Waals surface area contributed by atoms with Crippen LogP contribution < -0.4 is 10.9 Å². The lowest BCUT2D eigenvalue weighted by atomic mass is 10.1. The summed E-state index contributed by atoms with van der Waals surface area (Å²) in [5.41, 5.74) is 0.235. The number of H-pyrrole nitrogens is 1. The molecule has 0 saturated carbocycles. The lowest BCUT2D eigenvalue weighted by molar-refractivity contribution is -0.138. The molecule has 1 aromatic heterocycles. The summed E-state index contributed by atoms with van der Waals surface area (Å²) in [5.74, 6) is -1.51. The number of ether oxygens (including phenoxy) is 2. The molecule has 0 radical (unpaired) electrons. The maximum absolute atomic E-state index is 12.3. The number of carbonyl (C=O) groups is 2. The highest BCUT2D eigenvalue weighted by atomic mass is 32.2. The Morgan fingerprint density at radius 2 is 1.92 bits per heavy atom. The van der Waals surface area contributed by atoms with Gasteiger partial charge in [-0.3, -0.25) is 9.78 Å². The van der Waals surface area contributed by atoms with Crippen molar-refractivity contribution in [2.75, 3.05) is 25.8 Å². The summed E-state index contributed by atoms with van der Waals surface area (Å²) in [5, 5.41) is 11.0. The first-order valence-corrected chi connectivity index (χ1v) is 8.48. The average Bonchev–Trinajstić information content (AvgIpc) is 2.67. The number of rotatable bonds is 6. The van der Waals surface area contributed by atoms with Crippen molar-refractivity contribution < 1.29 is 19.1 Å². The highest BCUT2D eigenvalue weighted by Crippen LogP contribution is 2.25. The third kappa shape index (κ3) is 4.48. The van der Waals surface area contributed by atoms with Crippen LogP contribution in [-0.4, -0.2) is 47.6 Å². The number of aromatic amines is 1. The molecule has 0 bridgehead atoms. The highest BCUT2D eigenvalue weighted by Gasteiger charge is 2.17. The lowest BCUT2D eigenvalue weighted by Gasteiger charge is -2.12. The molecule has 0 saturated heterocycles. The first kappa shape index (κ1) is 19.2. The number of anilines is 1. The van der Waals surface area contributed by atoms with Crippen LogP contribution in [-0.2, 0) is 19.1 Å². The third-order valence-electron chi connectivity index (χ3n) is 3.19. The summed E-state index contributed by atoms with van der Waals surface area (Å²) in [6.45, 7) is 0. The topological polar surface area (TPSA) is 123 Å². The predicted molar refractivity (Wildman–Crippen MR) is 95.6 cm³/mol. The molecule has 136 valence electrons. The zero-order valence-electron chi connectivity index (χ0n) is 14.2. The molecule has 0 aliphatic rings. The first-order valence-electron chi connectivity index (χ1n) is 7.25. The molecule has 0 aliphatic carbocycles. The summed E-state index contributed by atoms with van der Waals surface area (Å²) in [6.07, 6.45) is 2.71. The molecule has 0 aliphatic heterocycles. The molecule has 0 atom stereocenters. The van der Waals surface area contributed by atoms with E-state index in [1.807, 2.05) is 0 Å². The Kier molecular flexibility index (Phi) is 6.50. The second kappa shape index (κ2) is 8.81. The van der Waals surface area contributed by atoms with Gasteiger partial charge in [-0.1, -0.05) is 30.0 Å². The molecule has 0 unspecified atom stereocenters. The van der Waals surface area contributed by atoms with Crippen LogP contribution in [0.15, 0.2) is 46.0 Å². The molecule has 2 N–H and O–H groups in total. The standard InChI is InChI=1S/C16H16N4O5S/c1-24-12(21)8-11(15(23)25-2)17-10-7-5-4-6-9(10)13-14(22)18-16(26-3)20-19-13/h4-8,17H,1-3H3,(H,18,20,22)/b11-8+. The second-order valence-corrected chi connectivity index (χ2v) is 5.55. The van der Waals surface area contributed by atoms with Gasteiger partial charge >= 0.3 is 11.9 Å². The highest BCUT2D eigenvalue weighted by molar-refractivity contribution is 7.98. The van der Waals surface area contributed by atoms with Crippen LogP contribution in [0.5, 0.6) is 0 Å². The summed E-state index contributed by atoms with van der Waals surface area (Å²) < 4.78 is 9.18. The molecule has 0 amide bonds. The number of aromatic nitrogens is 3. The van der Waals surface area contributed by atoms with E-state index in [2.05, 4.69) is 30.0 Å². The van der Waals surface area contributed by atoms with Crippen molar-refractivity contribution in [2.24, 2.45) is 0 Å². The van der Waals surface area contributed by atoms with Crippen molar-refractivity contribution >= 4 is 29.4 Å². The van der Waals surface area contributed by atoms with Crippen molar-refractivity contribution in [3.63, 3.8) is 0 Å². The van der Waals surface area contributed by atoms with Gasteiger partial charge in [-0.15, -0.1) is 10.2 Å². The summed E-state index contributed by atoms with van der Waals surface area (Å²) in [4.78, 5) is 38.3. The Labute approximate surface area is 152 Å². The Balaban J connectivity index is 2.48. The summed E-state index contributed by atoms with van der Waals surface area (Å²) in [7, 11) is 2.36. The van der Waals surface area contributed by atoms with E-state index >= 15 is 0 Å². The van der Waals surface area contributed by atoms with Gasteiger partial charge in [0.2, 0.25) is 0 Å². The van der Waals surface area contributed by atoms with Crippen LogP contribution in [0.1, 0.15) is 0 Å². The molecule has 2 aromatic rings. The molecule has 10 heteroatoms. The Hall–Kier alpha value is -3.14. The number of thioether (sulfide) groups is 1. The second-order valence-electron chi connectivity index (χ2n) is 4.76. The van der Waals surface area contributed by atoms with E-state index in [0.717, 1.165) is 6.08 Å². The van der Waals surface area contributed by atoms with E-state index in [1.165, 1.54) is 26.0 Å². The van der Waals surface area contributed by atoms with E-state index in [1.54, 1.807) is 30.5 Å². The predicted octanol–water partition coefficient (Wildman–Crippen LogP) is 1.20. The van der Waals surface area contributed by atoms with Crippen LogP contribution >= 0.6 is 11.8 Å². The Morgan fingerprint density at radius 1 is 1.19 bits per heavy atom. The fourth-order valence-electron chi connectivity index (χ4n) is 1.97. The van der Waals surface area contributed by atoms with Gasteiger partial charge in [0.25, 0.3) is 5.56 Å². The van der Waals surface area contributed by atoms with Crippen LogP contribution in [0.2, 0.25) is 0 Å². The van der Waals surface area contributed by atoms with E-state index in [4.69, 9.17) is 0 Å². The fourth-order valence-corrected chi connectivity index (χ4v) is 2.28. The van der Waals surface area contributed by atoms with E-state index in [0.29, 0.717) is 16.4 Å². The minimum absolute atomic E-state index is 0.0631. The molecular weight excluding hydrogens is 360 g/mol. The SMILES string of the molecule is COC(=O)/C=C(/Nc1ccccc1-c1nnc(SC)[nH]c1=O)C(=O)OC. The van der Waals surface area contributed by atoms with Gasteiger partial charge in [0.1, 0.15) is 5.70 Å². The van der Waals surface area contributed by atoms with Gasteiger partial charge in [-0.05, 0) is 12.3 Å². The number of hydrogen-bond acceptors (Lipinski definition) is 9. The summed E-state index contributed by atoms with van der Waals surface area (Å²) in [6, 6.07) is 6.64. The minimum Gasteiger partial charge on any atom is -0.466 e. The quantitative estimate of drug-likeness (QED) is 0.435. The summed E-state index contributed by atoms with van der Waals surface area (Å²) >= 11 is 1.25. The molecular formula is C16H16N4O5S. The Morgan fingerprint density at radius 3 is 2.54 bits per heavy atom. The maximum atomic E-state index is 12.3. The number of para-hydroxylation sites is 1. The number of nitrogens with one attached hydrogen (secondary N) is 2. The van der Waals surface area contributed by atoms with Crippen molar-refractivity contribution in [3.8, 4) is 11.3 Å². The smallest absolute Gasteiger partial charge is 0.354 e. The molecule has 26 heavy (non-hydrogen) atoms. The zero-order valence-corrected chi connectivity index (χ0v) is 15.0. The largest absolute Gasteiger partial charge is 0.466 e. The zero-order chi connectivity index (χ0) is 19.1. The van der Waals surface area contributed by atoms with Gasteiger partial charge in [-0.2, -0.15) is 0 Å². The van der Waals surface area contributed by atoms with Gasteiger partial charge in [0.05, 0.1) is 20.3 Å². The van der Waals surface area contributed by atoms with E-state index < -0.39 is 17.5 Å². The molecule has 2 rings (SSSR count).